The van der Waals surface area contributed by atoms with E-state index >= 15 is 0 Å². The lowest BCUT2D eigenvalue weighted by molar-refractivity contribution is -0.131. The van der Waals surface area contributed by atoms with E-state index in [-0.39, 0.29) is 0 Å². The van der Waals surface area contributed by atoms with Crippen molar-refractivity contribution in [2.45, 2.75) is 27.2 Å². The molecular weight excluding hydrogens is 190 g/mol. The Morgan fingerprint density at radius 1 is 1.47 bits per heavy atom. The Bertz CT molecular complexity index is 316. The van der Waals surface area contributed by atoms with E-state index in [2.05, 4.69) is 18.7 Å². The number of rotatable bonds is 3. The van der Waals surface area contributed by atoms with Crippen LogP contribution in [0.1, 0.15) is 27.2 Å². The highest BCUT2D eigenvalue weighted by Gasteiger charge is 2.13. The van der Waals surface area contributed by atoms with Crippen LogP contribution in [0.4, 0.5) is 0 Å². The summed E-state index contributed by atoms with van der Waals surface area (Å²) in [5.41, 5.74) is 3.81. The van der Waals surface area contributed by atoms with Crippen molar-refractivity contribution in [2.24, 2.45) is 0 Å². The van der Waals surface area contributed by atoms with E-state index in [4.69, 9.17) is 5.11 Å². The summed E-state index contributed by atoms with van der Waals surface area (Å²) < 4.78 is 0. The summed E-state index contributed by atoms with van der Waals surface area (Å²) in [5, 5.41) is 8.60. The Balaban J connectivity index is 2.52. The second-order valence-electron chi connectivity index (χ2n) is 4.35. The Hall–Kier alpha value is -1.09. The molecule has 0 saturated carbocycles. The van der Waals surface area contributed by atoms with Crippen molar-refractivity contribution >= 4 is 5.97 Å². The monoisotopic (exact) mass is 209 g/mol. The molecule has 0 aromatic rings. The molecule has 15 heavy (non-hydrogen) atoms. The predicted octanol–water partition coefficient (Wildman–Crippen LogP) is 2.06. The van der Waals surface area contributed by atoms with Gasteiger partial charge in [0.2, 0.25) is 0 Å². The minimum Gasteiger partial charge on any atom is -0.478 e. The van der Waals surface area contributed by atoms with Gasteiger partial charge in [-0.3, -0.25) is 4.90 Å². The Labute approximate surface area is 91.1 Å². The largest absolute Gasteiger partial charge is 0.478 e. The lowest BCUT2D eigenvalue weighted by atomic mass is 10.0. The SMILES string of the molecule is CC1=C(C)CN(C/C(C)=C/C(=O)O)CC1. The average molecular weight is 209 g/mol. The van der Waals surface area contributed by atoms with Crippen molar-refractivity contribution in [2.75, 3.05) is 19.6 Å². The third-order valence-corrected chi connectivity index (χ3v) is 2.84. The third-order valence-electron chi connectivity index (χ3n) is 2.84. The van der Waals surface area contributed by atoms with Crippen LogP contribution in [0.25, 0.3) is 0 Å². The molecule has 1 N–H and O–H groups in total. The molecule has 0 unspecified atom stereocenters. The summed E-state index contributed by atoms with van der Waals surface area (Å²) in [6.07, 6.45) is 2.40. The maximum absolute atomic E-state index is 10.5. The van der Waals surface area contributed by atoms with E-state index in [0.717, 1.165) is 31.6 Å². The van der Waals surface area contributed by atoms with Crippen LogP contribution in [0.2, 0.25) is 0 Å². The smallest absolute Gasteiger partial charge is 0.328 e. The first-order valence-corrected chi connectivity index (χ1v) is 5.26. The lowest BCUT2D eigenvalue weighted by Crippen LogP contribution is -2.32. The fourth-order valence-electron chi connectivity index (χ4n) is 1.83. The van der Waals surface area contributed by atoms with Gasteiger partial charge < -0.3 is 5.11 Å². The second kappa shape index (κ2) is 5.12. The van der Waals surface area contributed by atoms with E-state index in [1.54, 1.807) is 0 Å². The maximum Gasteiger partial charge on any atom is 0.328 e. The number of carbonyl (C=O) groups is 1. The normalized spacial score (nSPS) is 19.5. The van der Waals surface area contributed by atoms with Crippen LogP contribution >= 0.6 is 0 Å². The van der Waals surface area contributed by atoms with Crippen LogP contribution in [-0.4, -0.2) is 35.6 Å². The van der Waals surface area contributed by atoms with Crippen molar-refractivity contribution < 1.29 is 9.90 Å². The highest BCUT2D eigenvalue weighted by molar-refractivity contribution is 5.80. The van der Waals surface area contributed by atoms with Crippen molar-refractivity contribution in [3.63, 3.8) is 0 Å². The quantitative estimate of drug-likeness (QED) is 0.571. The van der Waals surface area contributed by atoms with Gasteiger partial charge >= 0.3 is 5.97 Å². The molecule has 0 aromatic carbocycles. The molecule has 0 aromatic heterocycles. The van der Waals surface area contributed by atoms with Gasteiger partial charge in [-0.25, -0.2) is 4.79 Å². The Kier molecular flexibility index (Phi) is 4.09. The van der Waals surface area contributed by atoms with E-state index in [1.165, 1.54) is 17.2 Å². The van der Waals surface area contributed by atoms with Crippen LogP contribution in [0.3, 0.4) is 0 Å². The Morgan fingerprint density at radius 2 is 2.13 bits per heavy atom. The first-order valence-electron chi connectivity index (χ1n) is 5.26. The van der Waals surface area contributed by atoms with Crippen LogP contribution in [0.15, 0.2) is 22.8 Å². The molecule has 0 bridgehead atoms. The van der Waals surface area contributed by atoms with Gasteiger partial charge in [-0.15, -0.1) is 0 Å². The minimum absolute atomic E-state index is 0.761. The fraction of sp³-hybridized carbons (Fsp3) is 0.583. The minimum atomic E-state index is -0.854. The molecule has 1 aliphatic rings. The third kappa shape index (κ3) is 3.88. The van der Waals surface area contributed by atoms with E-state index in [9.17, 15) is 4.79 Å². The molecule has 0 amide bonds. The molecule has 0 saturated heterocycles. The first-order chi connectivity index (χ1) is 6.99. The van der Waals surface area contributed by atoms with Crippen LogP contribution in [0, 0.1) is 0 Å². The number of nitrogens with zero attached hydrogens (tertiary/aromatic N) is 1. The average Bonchev–Trinajstić information content (AvgIpc) is 2.10. The van der Waals surface area contributed by atoms with Crippen molar-refractivity contribution in [1.29, 1.82) is 0 Å². The molecular formula is C12H19NO2. The van der Waals surface area contributed by atoms with Crippen LogP contribution < -0.4 is 0 Å². The predicted molar refractivity (Wildman–Crippen MR) is 60.8 cm³/mol. The van der Waals surface area contributed by atoms with Gasteiger partial charge in [0.05, 0.1) is 0 Å². The van der Waals surface area contributed by atoms with Gasteiger partial charge in [0.25, 0.3) is 0 Å². The summed E-state index contributed by atoms with van der Waals surface area (Å²) in [5.74, 6) is -0.854. The zero-order chi connectivity index (χ0) is 11.4. The number of hydrogen-bond donors (Lipinski definition) is 1. The lowest BCUT2D eigenvalue weighted by Gasteiger charge is -2.28. The number of carboxylic acids is 1. The maximum atomic E-state index is 10.5. The molecule has 0 spiro atoms. The van der Waals surface area contributed by atoms with Crippen LogP contribution in [-0.2, 0) is 4.79 Å². The zero-order valence-electron chi connectivity index (χ0n) is 9.71. The topological polar surface area (TPSA) is 40.5 Å². The van der Waals surface area contributed by atoms with Crippen molar-refractivity contribution in [3.05, 3.63) is 22.8 Å². The summed E-state index contributed by atoms with van der Waals surface area (Å²) in [7, 11) is 0. The molecule has 1 heterocycles. The zero-order valence-corrected chi connectivity index (χ0v) is 9.71. The molecule has 0 fully saturated rings. The molecule has 1 rings (SSSR count). The molecule has 1 aliphatic heterocycles. The fourth-order valence-corrected chi connectivity index (χ4v) is 1.83. The van der Waals surface area contributed by atoms with Gasteiger partial charge in [-0.05, 0) is 27.2 Å². The number of hydrogen-bond acceptors (Lipinski definition) is 2. The van der Waals surface area contributed by atoms with Gasteiger partial charge in [-0.2, -0.15) is 0 Å². The first kappa shape index (κ1) is 12.0. The van der Waals surface area contributed by atoms with Crippen LogP contribution in [0.5, 0.6) is 0 Å². The Morgan fingerprint density at radius 3 is 2.67 bits per heavy atom. The molecule has 84 valence electrons. The second-order valence-corrected chi connectivity index (χ2v) is 4.35. The summed E-state index contributed by atoms with van der Waals surface area (Å²) in [4.78, 5) is 12.8. The summed E-state index contributed by atoms with van der Waals surface area (Å²) in [6, 6.07) is 0. The molecule has 0 atom stereocenters. The van der Waals surface area contributed by atoms with Gasteiger partial charge in [0.1, 0.15) is 0 Å². The van der Waals surface area contributed by atoms with Gasteiger partial charge in [0, 0.05) is 25.7 Å². The van der Waals surface area contributed by atoms with Crippen molar-refractivity contribution in [3.8, 4) is 0 Å². The summed E-state index contributed by atoms with van der Waals surface area (Å²) >= 11 is 0. The summed E-state index contributed by atoms with van der Waals surface area (Å²) in [6.45, 7) is 8.96. The highest BCUT2D eigenvalue weighted by Crippen LogP contribution is 2.17. The van der Waals surface area contributed by atoms with E-state index in [1.807, 2.05) is 6.92 Å². The number of aliphatic carboxylic acids is 1. The van der Waals surface area contributed by atoms with E-state index < -0.39 is 5.97 Å². The van der Waals surface area contributed by atoms with Gasteiger partial charge in [-0.1, -0.05) is 16.7 Å². The molecule has 0 aliphatic carbocycles. The standard InChI is InChI=1S/C12H19NO2/c1-9(6-12(14)15)7-13-5-4-10(2)11(3)8-13/h6H,4-5,7-8H2,1-3H3,(H,14,15)/b9-6+. The highest BCUT2D eigenvalue weighted by atomic mass is 16.4. The molecule has 3 heteroatoms. The van der Waals surface area contributed by atoms with E-state index in [0.29, 0.717) is 0 Å². The van der Waals surface area contributed by atoms with Gasteiger partial charge in [0.15, 0.2) is 0 Å². The van der Waals surface area contributed by atoms with Crippen molar-refractivity contribution in [1.82, 2.24) is 4.90 Å². The molecule has 3 nitrogen and oxygen atoms in total. The molecule has 0 radical (unpaired) electrons. The number of carboxylic acid groups (broad SMARTS) is 1.